The predicted molar refractivity (Wildman–Crippen MR) is 75.4 cm³/mol. The average Bonchev–Trinajstić information content (AvgIpc) is 2.44. The highest BCUT2D eigenvalue weighted by molar-refractivity contribution is 5.65. The SMILES string of the molecule is COCCOc1cc(N)c(CC=O)cc1OCCOC. The van der Waals surface area contributed by atoms with Gasteiger partial charge in [-0.05, 0) is 11.6 Å². The summed E-state index contributed by atoms with van der Waals surface area (Å²) in [7, 11) is 3.20. The van der Waals surface area contributed by atoms with Crippen LogP contribution in [0.4, 0.5) is 5.69 Å². The minimum atomic E-state index is 0.241. The summed E-state index contributed by atoms with van der Waals surface area (Å²) in [6, 6.07) is 3.39. The number of carbonyl (C=O) groups excluding carboxylic acids is 1. The van der Waals surface area contributed by atoms with E-state index in [-0.39, 0.29) is 6.42 Å². The third-order valence-electron chi connectivity index (χ3n) is 2.60. The molecule has 112 valence electrons. The molecule has 0 unspecified atom stereocenters. The lowest BCUT2D eigenvalue weighted by Crippen LogP contribution is -2.10. The highest BCUT2D eigenvalue weighted by atomic mass is 16.5. The van der Waals surface area contributed by atoms with Crippen molar-refractivity contribution in [3.63, 3.8) is 0 Å². The van der Waals surface area contributed by atoms with Crippen LogP contribution in [0.3, 0.4) is 0 Å². The average molecular weight is 283 g/mol. The number of carbonyl (C=O) groups is 1. The van der Waals surface area contributed by atoms with Crippen molar-refractivity contribution in [1.29, 1.82) is 0 Å². The van der Waals surface area contributed by atoms with Crippen molar-refractivity contribution < 1.29 is 23.7 Å². The Morgan fingerprint density at radius 2 is 1.55 bits per heavy atom. The van der Waals surface area contributed by atoms with Gasteiger partial charge in [-0.15, -0.1) is 0 Å². The lowest BCUT2D eigenvalue weighted by Gasteiger charge is -2.15. The van der Waals surface area contributed by atoms with E-state index in [0.29, 0.717) is 49.2 Å². The molecule has 6 heteroatoms. The molecule has 1 rings (SSSR count). The summed E-state index contributed by atoms with van der Waals surface area (Å²) >= 11 is 0. The molecule has 0 aliphatic heterocycles. The van der Waals surface area contributed by atoms with E-state index < -0.39 is 0 Å². The number of nitrogen functional groups attached to an aromatic ring is 1. The fourth-order valence-corrected chi connectivity index (χ4v) is 1.58. The van der Waals surface area contributed by atoms with Crippen molar-refractivity contribution in [3.8, 4) is 11.5 Å². The molecule has 0 atom stereocenters. The van der Waals surface area contributed by atoms with Crippen molar-refractivity contribution in [2.45, 2.75) is 6.42 Å². The third-order valence-corrected chi connectivity index (χ3v) is 2.60. The molecule has 0 bridgehead atoms. The second-order valence-electron chi connectivity index (χ2n) is 4.05. The molecule has 0 saturated heterocycles. The minimum absolute atomic E-state index is 0.241. The van der Waals surface area contributed by atoms with E-state index in [1.807, 2.05) is 0 Å². The van der Waals surface area contributed by atoms with E-state index >= 15 is 0 Å². The Balaban J connectivity index is 2.86. The van der Waals surface area contributed by atoms with Crippen LogP contribution < -0.4 is 15.2 Å². The van der Waals surface area contributed by atoms with Crippen LogP contribution in [0.15, 0.2) is 12.1 Å². The Morgan fingerprint density at radius 1 is 1.00 bits per heavy atom. The maximum Gasteiger partial charge on any atom is 0.163 e. The van der Waals surface area contributed by atoms with Crippen molar-refractivity contribution >= 4 is 12.0 Å². The predicted octanol–water partition coefficient (Wildman–Crippen LogP) is 1.06. The molecule has 0 spiro atoms. The molecule has 0 aliphatic rings. The van der Waals surface area contributed by atoms with Gasteiger partial charge in [0.2, 0.25) is 0 Å². The molecule has 0 aliphatic carbocycles. The van der Waals surface area contributed by atoms with E-state index in [0.717, 1.165) is 6.29 Å². The molecule has 0 amide bonds. The van der Waals surface area contributed by atoms with Gasteiger partial charge >= 0.3 is 0 Å². The van der Waals surface area contributed by atoms with E-state index in [1.54, 1.807) is 26.4 Å². The van der Waals surface area contributed by atoms with Gasteiger partial charge in [0.1, 0.15) is 19.5 Å². The number of benzene rings is 1. The first-order valence-electron chi connectivity index (χ1n) is 6.32. The lowest BCUT2D eigenvalue weighted by atomic mass is 10.1. The van der Waals surface area contributed by atoms with Gasteiger partial charge in [0.25, 0.3) is 0 Å². The van der Waals surface area contributed by atoms with Gasteiger partial charge in [-0.1, -0.05) is 0 Å². The number of anilines is 1. The fraction of sp³-hybridized carbons (Fsp3) is 0.500. The van der Waals surface area contributed by atoms with Gasteiger partial charge < -0.3 is 29.5 Å². The molecule has 0 heterocycles. The summed E-state index contributed by atoms with van der Waals surface area (Å²) in [5.41, 5.74) is 7.10. The Kier molecular flexibility index (Phi) is 7.46. The van der Waals surface area contributed by atoms with Crippen LogP contribution in [0.1, 0.15) is 5.56 Å². The normalized spacial score (nSPS) is 10.3. The van der Waals surface area contributed by atoms with Gasteiger partial charge in [0, 0.05) is 32.4 Å². The van der Waals surface area contributed by atoms with Crippen LogP contribution in [-0.4, -0.2) is 46.9 Å². The van der Waals surface area contributed by atoms with Gasteiger partial charge in [-0.2, -0.15) is 0 Å². The summed E-state index contributed by atoms with van der Waals surface area (Å²) in [6.45, 7) is 1.71. The van der Waals surface area contributed by atoms with Crippen LogP contribution in [0, 0.1) is 0 Å². The molecule has 2 N–H and O–H groups in total. The number of methoxy groups -OCH3 is 2. The van der Waals surface area contributed by atoms with E-state index in [4.69, 9.17) is 24.7 Å². The van der Waals surface area contributed by atoms with Crippen LogP contribution in [0.5, 0.6) is 11.5 Å². The summed E-state index contributed by atoms with van der Waals surface area (Å²) in [5.74, 6) is 1.08. The highest BCUT2D eigenvalue weighted by Gasteiger charge is 2.10. The topological polar surface area (TPSA) is 80.0 Å². The molecule has 6 nitrogen and oxygen atoms in total. The maximum absolute atomic E-state index is 10.6. The van der Waals surface area contributed by atoms with E-state index in [1.165, 1.54) is 0 Å². The molecule has 1 aromatic rings. The maximum atomic E-state index is 10.6. The van der Waals surface area contributed by atoms with Gasteiger partial charge in [-0.25, -0.2) is 0 Å². The van der Waals surface area contributed by atoms with Crippen LogP contribution in [-0.2, 0) is 20.7 Å². The molecule has 1 aromatic carbocycles. The van der Waals surface area contributed by atoms with Crippen molar-refractivity contribution in [3.05, 3.63) is 17.7 Å². The smallest absolute Gasteiger partial charge is 0.163 e. The number of aldehydes is 1. The van der Waals surface area contributed by atoms with E-state index in [2.05, 4.69) is 0 Å². The first kappa shape index (κ1) is 16.3. The Morgan fingerprint density at radius 3 is 2.05 bits per heavy atom. The number of hydrogen-bond acceptors (Lipinski definition) is 6. The zero-order valence-corrected chi connectivity index (χ0v) is 11.9. The molecule has 20 heavy (non-hydrogen) atoms. The summed E-state index contributed by atoms with van der Waals surface area (Å²) in [6.07, 6.45) is 1.04. The quantitative estimate of drug-likeness (QED) is 0.393. The van der Waals surface area contributed by atoms with Crippen LogP contribution >= 0.6 is 0 Å². The third kappa shape index (κ3) is 5.07. The van der Waals surface area contributed by atoms with Crippen LogP contribution in [0.2, 0.25) is 0 Å². The zero-order chi connectivity index (χ0) is 14.8. The fourth-order valence-electron chi connectivity index (χ4n) is 1.58. The Labute approximate surface area is 118 Å². The Hall–Kier alpha value is -1.79. The second-order valence-corrected chi connectivity index (χ2v) is 4.05. The Bertz CT molecular complexity index is 422. The molecular formula is C14H21NO5. The summed E-state index contributed by atoms with van der Waals surface area (Å²) in [4.78, 5) is 10.6. The number of ether oxygens (including phenoxy) is 4. The highest BCUT2D eigenvalue weighted by Crippen LogP contribution is 2.32. The number of rotatable bonds is 10. The molecular weight excluding hydrogens is 262 g/mol. The minimum Gasteiger partial charge on any atom is -0.487 e. The zero-order valence-electron chi connectivity index (χ0n) is 11.9. The first-order chi connectivity index (χ1) is 9.72. The molecule has 0 fully saturated rings. The van der Waals surface area contributed by atoms with Gasteiger partial charge in [-0.3, -0.25) is 0 Å². The first-order valence-corrected chi connectivity index (χ1v) is 6.32. The van der Waals surface area contributed by atoms with Crippen LogP contribution in [0.25, 0.3) is 0 Å². The van der Waals surface area contributed by atoms with E-state index in [9.17, 15) is 4.79 Å². The molecule has 0 radical (unpaired) electrons. The molecule has 0 saturated carbocycles. The second kappa shape index (κ2) is 9.17. The summed E-state index contributed by atoms with van der Waals surface area (Å²) < 4.78 is 21.0. The summed E-state index contributed by atoms with van der Waals surface area (Å²) in [5, 5.41) is 0. The largest absolute Gasteiger partial charge is 0.487 e. The van der Waals surface area contributed by atoms with Gasteiger partial charge in [0.05, 0.1) is 13.2 Å². The lowest BCUT2D eigenvalue weighted by molar-refractivity contribution is -0.107. The van der Waals surface area contributed by atoms with Crippen molar-refractivity contribution in [2.75, 3.05) is 46.4 Å². The monoisotopic (exact) mass is 283 g/mol. The number of hydrogen-bond donors (Lipinski definition) is 1. The van der Waals surface area contributed by atoms with Crippen molar-refractivity contribution in [2.24, 2.45) is 0 Å². The number of nitrogens with two attached hydrogens (primary N) is 1. The van der Waals surface area contributed by atoms with Gasteiger partial charge in [0.15, 0.2) is 11.5 Å². The molecule has 0 aromatic heterocycles. The van der Waals surface area contributed by atoms with Crippen molar-refractivity contribution in [1.82, 2.24) is 0 Å². The standard InChI is InChI=1S/C14H21NO5/c1-17-5-7-19-13-9-11(3-4-16)12(15)10-14(13)20-8-6-18-2/h4,9-10H,3,5-8,15H2,1-2H3.